The third kappa shape index (κ3) is 18.8. The Bertz CT molecular complexity index is 4570. The van der Waals surface area contributed by atoms with E-state index in [1.54, 1.807) is 75.7 Å². The van der Waals surface area contributed by atoms with Gasteiger partial charge in [-0.05, 0) is 116 Å². The fourth-order valence-electron chi connectivity index (χ4n) is 12.9. The quantitative estimate of drug-likeness (QED) is 0.0158. The van der Waals surface area contributed by atoms with Crippen molar-refractivity contribution in [2.75, 3.05) is 85.1 Å². The van der Waals surface area contributed by atoms with E-state index >= 15 is 0 Å². The Kier molecular flexibility index (Phi) is 25.1. The number of likely N-dealkylation sites (N-methyl/N-ethyl adjacent to an activating group) is 1. The minimum absolute atomic E-state index is 0.0191. The van der Waals surface area contributed by atoms with Crippen LogP contribution in [0.5, 0.6) is 28.9 Å². The van der Waals surface area contributed by atoms with Gasteiger partial charge in [0.15, 0.2) is 11.6 Å². The minimum Gasteiger partial charge on any atom is -0.496 e. The summed E-state index contributed by atoms with van der Waals surface area (Å²) in [5.41, 5.74) is 11.3. The maximum Gasteiger partial charge on any atom is 0.345 e. The molecule has 8 aromatic rings. The van der Waals surface area contributed by atoms with Crippen molar-refractivity contribution >= 4 is 92.0 Å². The summed E-state index contributed by atoms with van der Waals surface area (Å²) < 4.78 is 53.2. The second kappa shape index (κ2) is 34.7. The monoisotopic (exact) mass is 1510 g/mol. The Labute approximate surface area is 625 Å². The van der Waals surface area contributed by atoms with E-state index in [9.17, 15) is 43.1 Å². The maximum absolute atomic E-state index is 14.6. The molecular weight excluding hydrogens is 1430 g/mol. The number of ether oxygens (including phenoxy) is 6. The SMILES string of the molecule is COc1ccccc1-c1nccc(COc2ccc3cc2C[C@H](C(=O)O)Oc2ncnc4sc(-c5ccc(F)cc5)c(c24)-c2c(C)c(Cl)c(c(Cl)c2C)O[C@H](CN2CC[N+](C)(Cc4ccc(NC(=O)[C@H](CCCNC(N)=O)NC(=O)[C@@H](NC(=O)CCOCCN5C(=O)C=CC5=O)C(C)C)cc4)CC2)CO3)n1. The number of hydrogen-bond acceptors (Lipinski definition) is 19. The first-order chi connectivity index (χ1) is 50.9. The zero-order valence-corrected chi connectivity index (χ0v) is 61.6. The third-order valence-electron chi connectivity index (χ3n) is 18.6. The van der Waals surface area contributed by atoms with Gasteiger partial charge < -0.3 is 65.0 Å². The molecule has 0 spiro atoms. The molecule has 7 N–H and O–H groups in total. The topological polar surface area (TPSA) is 327 Å². The molecule has 1 fully saturated rings. The average Bonchev–Trinajstić information content (AvgIpc) is 1.56. The van der Waals surface area contributed by atoms with Gasteiger partial charge in [0.05, 0.1) is 73.7 Å². The normalized spacial score (nSPS) is 16.3. The Morgan fingerprint density at radius 2 is 1.58 bits per heavy atom. The summed E-state index contributed by atoms with van der Waals surface area (Å²) in [6.07, 6.45) is 3.07. The standard InChI is InChI=1S/C76H81Cl2FN12O14S/c1-43(2)67(88-59(92)26-34-101-35-31-90-60(93)23-24-61(90)94)72(96)87-55(11-9-27-82-76(80)99)71(95)86-50-19-13-46(14-20-50)39-91(5)32-29-89(30-33-91)38-53-41-102-52-21-22-56(103-40-51-25-28-81-70(85-51)54-10-7-8-12-57(54)100-6)48(36-52)37-58(75(97)98)105-73-64-63(62-44(3)65(77)68(104-53)66(78)45(62)4)69(106-74(64)84-42-83-73)47-15-17-49(79)18-16-47/h7-8,10,12-25,28,36,42-43,53,55,58,67H,9,11,26-27,29-35,37-41H2,1-6H3,(H6-,80,82,86,87,88,92,95,96,97,98,99)/p+1/t53-,55+,58-,67+/m1/s1. The van der Waals surface area contributed by atoms with Crippen LogP contribution in [0.1, 0.15) is 61.1 Å². The van der Waals surface area contributed by atoms with Crippen LogP contribution in [-0.2, 0) is 53.1 Å². The fourth-order valence-corrected chi connectivity index (χ4v) is 14.5. The number of primary amides is 1. The molecule has 0 aliphatic carbocycles. The van der Waals surface area contributed by atoms with Gasteiger partial charge >= 0.3 is 12.0 Å². The number of carbonyl (C=O) groups is 7. The van der Waals surface area contributed by atoms with E-state index in [-0.39, 0.29) is 92.8 Å². The first kappa shape index (κ1) is 76.8. The molecule has 5 aromatic carbocycles. The maximum atomic E-state index is 14.6. The third-order valence-corrected chi connectivity index (χ3v) is 20.7. The number of rotatable bonds is 27. The van der Waals surface area contributed by atoms with Crippen LogP contribution in [-0.4, -0.2) is 185 Å². The van der Waals surface area contributed by atoms with Crippen molar-refractivity contribution in [2.24, 2.45) is 11.7 Å². The number of aromatic nitrogens is 4. The van der Waals surface area contributed by atoms with Crippen LogP contribution in [0, 0.1) is 25.6 Å². The highest BCUT2D eigenvalue weighted by atomic mass is 35.5. The van der Waals surface area contributed by atoms with E-state index in [0.29, 0.717) is 119 Å². The van der Waals surface area contributed by atoms with Gasteiger partial charge in [0.25, 0.3) is 11.8 Å². The summed E-state index contributed by atoms with van der Waals surface area (Å²) in [4.78, 5) is 113. The molecule has 0 saturated carbocycles. The summed E-state index contributed by atoms with van der Waals surface area (Å²) in [5, 5.41) is 22.9. The van der Waals surface area contributed by atoms with E-state index in [4.69, 9.17) is 62.3 Å². The molecule has 4 atom stereocenters. The molecule has 0 radical (unpaired) electrons. The zero-order chi connectivity index (χ0) is 75.3. The van der Waals surface area contributed by atoms with E-state index in [1.165, 1.54) is 41.9 Å². The van der Waals surface area contributed by atoms with Crippen LogP contribution in [0.25, 0.3) is 43.2 Å². The number of benzene rings is 5. The smallest absolute Gasteiger partial charge is 0.345 e. The van der Waals surface area contributed by atoms with Crippen molar-refractivity contribution in [2.45, 2.75) is 90.8 Å². The first-order valence-corrected chi connectivity index (χ1v) is 36.1. The second-order valence-corrected chi connectivity index (χ2v) is 28.4. The molecule has 26 nitrogen and oxygen atoms in total. The number of carboxylic acids is 1. The number of nitrogens with zero attached hydrogens (tertiary/aromatic N) is 7. The van der Waals surface area contributed by atoms with Gasteiger partial charge in [-0.2, -0.15) is 0 Å². The van der Waals surface area contributed by atoms with Gasteiger partial charge in [-0.15, -0.1) is 11.3 Å². The van der Waals surface area contributed by atoms with Gasteiger partial charge in [-0.3, -0.25) is 33.8 Å². The lowest BCUT2D eigenvalue weighted by Gasteiger charge is -2.43. The largest absolute Gasteiger partial charge is 0.496 e. The molecular formula is C76H82Cl2FN12O14S+. The number of hydrogen-bond donors (Lipinski definition) is 6. The highest BCUT2D eigenvalue weighted by Crippen LogP contribution is 2.53. The summed E-state index contributed by atoms with van der Waals surface area (Å²) in [6.45, 7) is 11.0. The van der Waals surface area contributed by atoms with Gasteiger partial charge in [0.2, 0.25) is 29.7 Å². The Hall–Kier alpha value is -10.4. The van der Waals surface area contributed by atoms with Crippen LogP contribution < -0.4 is 50.7 Å². The number of imide groups is 1. The molecule has 4 bridgehead atoms. The summed E-state index contributed by atoms with van der Waals surface area (Å²) >= 11 is 16.3. The van der Waals surface area contributed by atoms with E-state index < -0.39 is 71.6 Å². The summed E-state index contributed by atoms with van der Waals surface area (Å²) in [6, 6.07) is 24.9. The number of methoxy groups -OCH3 is 1. The van der Waals surface area contributed by atoms with Crippen molar-refractivity contribution in [3.8, 4) is 61.8 Å². The summed E-state index contributed by atoms with van der Waals surface area (Å²) in [7, 11) is 3.75. The average molecular weight is 1510 g/mol. The number of amides is 7. The number of nitrogens with two attached hydrogens (primary N) is 1. The van der Waals surface area contributed by atoms with E-state index in [2.05, 4.69) is 48.2 Å². The molecule has 3 aromatic heterocycles. The molecule has 0 unspecified atom stereocenters. The van der Waals surface area contributed by atoms with Crippen LogP contribution in [0.2, 0.25) is 10.0 Å². The molecule has 4 aliphatic heterocycles. The van der Waals surface area contributed by atoms with Crippen LogP contribution in [0.3, 0.4) is 0 Å². The van der Waals surface area contributed by atoms with Gasteiger partial charge in [0.1, 0.15) is 72.2 Å². The van der Waals surface area contributed by atoms with E-state index in [0.717, 1.165) is 23.6 Å². The van der Waals surface area contributed by atoms with Gasteiger partial charge in [0, 0.05) is 84.6 Å². The second-order valence-electron chi connectivity index (χ2n) is 26.6. The number of fused-ring (bicyclic) bond motifs is 7. The number of para-hydroxylation sites is 1. The number of thiophene rings is 1. The number of aliphatic carboxylic acids is 1. The highest BCUT2D eigenvalue weighted by Gasteiger charge is 2.36. The highest BCUT2D eigenvalue weighted by molar-refractivity contribution is 7.22. The Morgan fingerprint density at radius 1 is 0.858 bits per heavy atom. The zero-order valence-electron chi connectivity index (χ0n) is 59.3. The molecule has 556 valence electrons. The number of quaternary nitrogens is 1. The van der Waals surface area contributed by atoms with Crippen LogP contribution in [0.15, 0.2) is 122 Å². The Balaban J connectivity index is 0.804. The predicted molar refractivity (Wildman–Crippen MR) is 396 cm³/mol. The molecule has 106 heavy (non-hydrogen) atoms. The number of urea groups is 1. The lowest BCUT2D eigenvalue weighted by molar-refractivity contribution is -0.926. The molecule has 12 rings (SSSR count). The number of nitrogens with one attached hydrogen (secondary N) is 4. The number of halogens is 3. The van der Waals surface area contributed by atoms with Crippen molar-refractivity contribution in [1.82, 2.24) is 45.7 Å². The van der Waals surface area contributed by atoms with Crippen LogP contribution in [0.4, 0.5) is 14.9 Å². The lowest BCUT2D eigenvalue weighted by atomic mass is 9.92. The number of carboxylic acid groups (broad SMARTS) is 1. The lowest BCUT2D eigenvalue weighted by Crippen LogP contribution is -2.58. The fraction of sp³-hybridized carbons (Fsp3) is 0.355. The van der Waals surface area contributed by atoms with E-state index in [1.807, 2.05) is 50.2 Å². The van der Waals surface area contributed by atoms with Crippen molar-refractivity contribution in [3.63, 3.8) is 0 Å². The Morgan fingerprint density at radius 3 is 2.28 bits per heavy atom. The summed E-state index contributed by atoms with van der Waals surface area (Å²) in [5.74, 6) is -2.71. The van der Waals surface area contributed by atoms with Gasteiger partial charge in [-0.25, -0.2) is 33.9 Å². The molecule has 1 saturated heterocycles. The molecule has 7 amide bonds. The van der Waals surface area contributed by atoms with Gasteiger partial charge in [-0.1, -0.05) is 73.4 Å². The number of carbonyl (C=O) groups excluding carboxylic acids is 6. The molecule has 7 heterocycles. The van der Waals surface area contributed by atoms with Crippen molar-refractivity contribution in [1.29, 1.82) is 0 Å². The predicted octanol–water partition coefficient (Wildman–Crippen LogP) is 9.65. The molecule has 30 heteroatoms. The van der Waals surface area contributed by atoms with Crippen LogP contribution >= 0.6 is 34.5 Å². The molecule has 4 aliphatic rings. The number of piperazine rings is 1. The number of anilines is 1. The first-order valence-electron chi connectivity index (χ1n) is 34.5. The minimum atomic E-state index is -1.55. The van der Waals surface area contributed by atoms with Crippen molar-refractivity contribution in [3.05, 3.63) is 166 Å². The van der Waals surface area contributed by atoms with Crippen molar-refractivity contribution < 1.29 is 76.0 Å².